The van der Waals surface area contributed by atoms with Gasteiger partial charge in [0.2, 0.25) is 0 Å². The van der Waals surface area contributed by atoms with Gasteiger partial charge >= 0.3 is 0 Å². The van der Waals surface area contributed by atoms with Crippen LogP contribution in [-0.2, 0) is 0 Å². The summed E-state index contributed by atoms with van der Waals surface area (Å²) < 4.78 is 19.6. The summed E-state index contributed by atoms with van der Waals surface area (Å²) in [6.07, 6.45) is 4.29. The monoisotopic (exact) mass is 358 g/mol. The van der Waals surface area contributed by atoms with Crippen molar-refractivity contribution in [2.75, 3.05) is 11.9 Å². The van der Waals surface area contributed by atoms with E-state index in [0.29, 0.717) is 16.0 Å². The molecule has 0 bridgehead atoms. The average molecular weight is 360 g/mol. The van der Waals surface area contributed by atoms with Crippen molar-refractivity contribution in [2.45, 2.75) is 13.3 Å². The largest absolute Gasteiger partial charge is 0.454 e. The van der Waals surface area contributed by atoms with Crippen LogP contribution in [0.15, 0.2) is 35.1 Å². The molecule has 0 atom stereocenters. The van der Waals surface area contributed by atoms with Crippen molar-refractivity contribution >= 4 is 33.2 Å². The Bertz CT molecular complexity index is 610. The van der Waals surface area contributed by atoms with Crippen LogP contribution in [0.1, 0.15) is 13.3 Å². The molecule has 0 aliphatic carbocycles. The molecular weight excluding hydrogens is 347 g/mol. The predicted octanol–water partition coefficient (Wildman–Crippen LogP) is 5.25. The van der Waals surface area contributed by atoms with Crippen LogP contribution in [0.2, 0.25) is 5.02 Å². The molecule has 0 fully saturated rings. The highest BCUT2D eigenvalue weighted by Gasteiger charge is 2.09. The van der Waals surface area contributed by atoms with E-state index in [1.165, 1.54) is 12.1 Å². The van der Waals surface area contributed by atoms with E-state index in [1.807, 2.05) is 6.07 Å². The molecule has 1 N–H and O–H groups in total. The number of hydrogen-bond acceptors (Lipinski definition) is 3. The van der Waals surface area contributed by atoms with Crippen LogP contribution in [0.25, 0.3) is 0 Å². The minimum absolute atomic E-state index is 0.0423. The fourth-order valence-corrected chi connectivity index (χ4v) is 2.27. The quantitative estimate of drug-likeness (QED) is 0.740. The minimum Gasteiger partial charge on any atom is -0.454 e. The normalized spacial score (nSPS) is 10.4. The minimum atomic E-state index is -0.530. The maximum Gasteiger partial charge on any atom is 0.147 e. The molecule has 106 valence electrons. The van der Waals surface area contributed by atoms with E-state index in [1.54, 1.807) is 12.4 Å². The molecule has 0 saturated heterocycles. The molecule has 0 amide bonds. The molecule has 0 unspecified atom stereocenters. The van der Waals surface area contributed by atoms with Gasteiger partial charge in [0.05, 0.1) is 27.6 Å². The van der Waals surface area contributed by atoms with Crippen LogP contribution in [0.5, 0.6) is 11.5 Å². The molecule has 2 aromatic rings. The fraction of sp³-hybridized carbons (Fsp3) is 0.214. The Morgan fingerprint density at radius 2 is 2.15 bits per heavy atom. The molecule has 0 aliphatic rings. The lowest BCUT2D eigenvalue weighted by Gasteiger charge is -2.10. The van der Waals surface area contributed by atoms with Crippen LogP contribution < -0.4 is 10.1 Å². The summed E-state index contributed by atoms with van der Waals surface area (Å²) in [5, 5.41) is 3.25. The first-order valence-electron chi connectivity index (χ1n) is 6.11. The van der Waals surface area contributed by atoms with Crippen LogP contribution in [0.3, 0.4) is 0 Å². The highest BCUT2D eigenvalue weighted by molar-refractivity contribution is 9.10. The summed E-state index contributed by atoms with van der Waals surface area (Å²) in [5.74, 6) is 0.341. The number of rotatable bonds is 5. The summed E-state index contributed by atoms with van der Waals surface area (Å²) >= 11 is 8.98. The van der Waals surface area contributed by atoms with Crippen molar-refractivity contribution in [2.24, 2.45) is 0 Å². The molecule has 0 radical (unpaired) electrons. The Hall–Kier alpha value is -1.33. The zero-order chi connectivity index (χ0) is 14.5. The molecule has 1 aromatic heterocycles. The van der Waals surface area contributed by atoms with Gasteiger partial charge < -0.3 is 10.1 Å². The Labute approximate surface area is 130 Å². The van der Waals surface area contributed by atoms with Crippen LogP contribution in [-0.4, -0.2) is 11.5 Å². The number of anilines is 1. The topological polar surface area (TPSA) is 34.2 Å². The number of pyridine rings is 1. The van der Waals surface area contributed by atoms with Crippen LogP contribution >= 0.6 is 27.5 Å². The molecular formula is C14H13BrClFN2O. The number of halogens is 3. The Morgan fingerprint density at radius 1 is 1.35 bits per heavy atom. The van der Waals surface area contributed by atoms with Crippen molar-refractivity contribution in [3.8, 4) is 11.5 Å². The van der Waals surface area contributed by atoms with E-state index < -0.39 is 5.82 Å². The second-order valence-electron chi connectivity index (χ2n) is 4.13. The van der Waals surface area contributed by atoms with Crippen molar-refractivity contribution < 1.29 is 9.13 Å². The molecule has 0 spiro atoms. The summed E-state index contributed by atoms with van der Waals surface area (Å²) in [6.45, 7) is 2.93. The Kier molecular flexibility index (Phi) is 5.20. The fourth-order valence-electron chi connectivity index (χ4n) is 1.55. The zero-order valence-electron chi connectivity index (χ0n) is 10.8. The van der Waals surface area contributed by atoms with Crippen molar-refractivity contribution in [1.82, 2.24) is 4.98 Å². The molecule has 2 rings (SSSR count). The van der Waals surface area contributed by atoms with Crippen molar-refractivity contribution in [3.63, 3.8) is 0 Å². The van der Waals surface area contributed by atoms with Gasteiger partial charge in [-0.1, -0.05) is 18.5 Å². The van der Waals surface area contributed by atoms with Crippen molar-refractivity contribution in [3.05, 3.63) is 45.9 Å². The number of hydrogen-bond donors (Lipinski definition) is 1. The van der Waals surface area contributed by atoms with Gasteiger partial charge in [0.1, 0.15) is 17.3 Å². The number of ether oxygens (including phenoxy) is 1. The number of benzene rings is 1. The van der Waals surface area contributed by atoms with Gasteiger partial charge in [-0.15, -0.1) is 0 Å². The third-order valence-electron chi connectivity index (χ3n) is 2.49. The first-order valence-corrected chi connectivity index (χ1v) is 7.28. The van der Waals surface area contributed by atoms with E-state index in [0.717, 1.165) is 18.7 Å². The SMILES string of the molecule is CCCNc1cncc(Oc2cc(F)c(Cl)cc2Br)c1. The van der Waals surface area contributed by atoms with Gasteiger partial charge in [-0.25, -0.2) is 4.39 Å². The number of aromatic nitrogens is 1. The van der Waals surface area contributed by atoms with E-state index in [2.05, 4.69) is 33.2 Å². The first kappa shape index (κ1) is 15.1. The van der Waals surface area contributed by atoms with E-state index >= 15 is 0 Å². The Morgan fingerprint density at radius 3 is 2.90 bits per heavy atom. The smallest absolute Gasteiger partial charge is 0.147 e. The molecule has 3 nitrogen and oxygen atoms in total. The summed E-state index contributed by atoms with van der Waals surface area (Å²) in [5.41, 5.74) is 0.856. The van der Waals surface area contributed by atoms with E-state index in [9.17, 15) is 4.39 Å². The lowest BCUT2D eigenvalue weighted by Crippen LogP contribution is -2.00. The van der Waals surface area contributed by atoms with E-state index in [-0.39, 0.29) is 5.02 Å². The highest BCUT2D eigenvalue weighted by Crippen LogP contribution is 2.34. The van der Waals surface area contributed by atoms with Gasteiger partial charge in [0.25, 0.3) is 0 Å². The predicted molar refractivity (Wildman–Crippen MR) is 82.2 cm³/mol. The number of nitrogens with zero attached hydrogens (tertiary/aromatic N) is 1. The van der Waals surface area contributed by atoms with Gasteiger partial charge in [-0.05, 0) is 28.4 Å². The maximum absolute atomic E-state index is 13.4. The summed E-state index contributed by atoms with van der Waals surface area (Å²) in [6, 6.07) is 4.50. The molecule has 1 aromatic carbocycles. The molecule has 6 heteroatoms. The lowest BCUT2D eigenvalue weighted by molar-refractivity contribution is 0.471. The Balaban J connectivity index is 2.19. The second kappa shape index (κ2) is 6.90. The van der Waals surface area contributed by atoms with Crippen LogP contribution in [0, 0.1) is 5.82 Å². The third kappa shape index (κ3) is 3.84. The summed E-state index contributed by atoms with van der Waals surface area (Å²) in [7, 11) is 0. The molecule has 20 heavy (non-hydrogen) atoms. The molecule has 0 saturated carbocycles. The molecule has 0 aliphatic heterocycles. The van der Waals surface area contributed by atoms with Gasteiger partial charge in [-0.2, -0.15) is 0 Å². The van der Waals surface area contributed by atoms with Gasteiger partial charge in [0, 0.05) is 18.7 Å². The zero-order valence-corrected chi connectivity index (χ0v) is 13.1. The third-order valence-corrected chi connectivity index (χ3v) is 3.40. The number of nitrogens with one attached hydrogen (secondary N) is 1. The summed E-state index contributed by atoms with van der Waals surface area (Å²) in [4.78, 5) is 4.08. The average Bonchev–Trinajstić information content (AvgIpc) is 2.43. The maximum atomic E-state index is 13.4. The van der Waals surface area contributed by atoms with Gasteiger partial charge in [-0.3, -0.25) is 4.98 Å². The highest BCUT2D eigenvalue weighted by atomic mass is 79.9. The molecule has 1 heterocycles. The van der Waals surface area contributed by atoms with Crippen LogP contribution in [0.4, 0.5) is 10.1 Å². The van der Waals surface area contributed by atoms with Gasteiger partial charge in [0.15, 0.2) is 0 Å². The van der Waals surface area contributed by atoms with E-state index in [4.69, 9.17) is 16.3 Å². The lowest BCUT2D eigenvalue weighted by atomic mass is 10.3. The van der Waals surface area contributed by atoms with Crippen molar-refractivity contribution in [1.29, 1.82) is 0 Å². The standard InChI is InChI=1S/C14H13BrClFN2O/c1-2-3-19-9-4-10(8-18-7-9)20-14-6-13(17)12(16)5-11(14)15/h4-8,19H,2-3H2,1H3. The first-order chi connectivity index (χ1) is 9.60. The second-order valence-corrected chi connectivity index (χ2v) is 5.40.